The highest BCUT2D eigenvalue weighted by molar-refractivity contribution is 6.04. The van der Waals surface area contributed by atoms with Crippen molar-refractivity contribution in [3.8, 4) is 39.6 Å². The largest absolute Gasteiger partial charge is 0.444 e. The highest BCUT2D eigenvalue weighted by Gasteiger charge is 2.41. The first-order valence-electron chi connectivity index (χ1n) is 15.2. The molecular formula is C38H33N5O2. The van der Waals surface area contributed by atoms with E-state index in [-0.39, 0.29) is 0 Å². The number of rotatable bonds is 5. The molecule has 0 aliphatic heterocycles. The monoisotopic (exact) mass is 591 g/mol. The van der Waals surface area contributed by atoms with Crippen molar-refractivity contribution in [2.45, 2.75) is 51.2 Å². The fourth-order valence-corrected chi connectivity index (χ4v) is 6.16. The summed E-state index contributed by atoms with van der Waals surface area (Å²) in [5, 5.41) is 18.3. The Morgan fingerprint density at radius 1 is 0.867 bits per heavy atom. The maximum Gasteiger partial charge on any atom is 0.408 e. The Morgan fingerprint density at radius 3 is 2.20 bits per heavy atom. The highest BCUT2D eigenvalue weighted by Crippen LogP contribution is 2.43. The Balaban J connectivity index is 1.35. The molecule has 1 fully saturated rings. The lowest BCUT2D eigenvalue weighted by Crippen LogP contribution is -2.52. The van der Waals surface area contributed by atoms with Crippen molar-refractivity contribution >= 4 is 22.6 Å². The van der Waals surface area contributed by atoms with Crippen LogP contribution < -0.4 is 5.32 Å². The van der Waals surface area contributed by atoms with Gasteiger partial charge in [0.15, 0.2) is 5.65 Å². The van der Waals surface area contributed by atoms with Gasteiger partial charge in [-0.2, -0.15) is 10.4 Å². The van der Waals surface area contributed by atoms with Crippen LogP contribution in [0.4, 0.5) is 4.79 Å². The maximum atomic E-state index is 12.7. The summed E-state index contributed by atoms with van der Waals surface area (Å²) < 4.78 is 7.45. The number of hydrogen-bond donors (Lipinski definition) is 1. The van der Waals surface area contributed by atoms with Gasteiger partial charge in [0.1, 0.15) is 5.60 Å². The molecule has 7 nitrogen and oxygen atoms in total. The summed E-state index contributed by atoms with van der Waals surface area (Å²) in [5.41, 5.74) is 8.11. The van der Waals surface area contributed by atoms with Gasteiger partial charge in [-0.05, 0) is 80.5 Å². The second kappa shape index (κ2) is 10.9. The van der Waals surface area contributed by atoms with Gasteiger partial charge in [0.2, 0.25) is 0 Å². The first-order valence-corrected chi connectivity index (χ1v) is 15.2. The van der Waals surface area contributed by atoms with E-state index in [0.717, 1.165) is 74.9 Å². The predicted octanol–water partition coefficient (Wildman–Crippen LogP) is 8.66. The molecule has 2 aromatic heterocycles. The Kier molecular flexibility index (Phi) is 6.86. The molecule has 0 atom stereocenters. The number of fused-ring (bicyclic) bond motifs is 3. The molecule has 7 rings (SSSR count). The summed E-state index contributed by atoms with van der Waals surface area (Å²) in [6.07, 6.45) is 4.44. The second-order valence-electron chi connectivity index (χ2n) is 12.7. The number of benzene rings is 4. The number of carbonyl (C=O) groups is 1. The quantitative estimate of drug-likeness (QED) is 0.217. The van der Waals surface area contributed by atoms with E-state index in [9.17, 15) is 10.1 Å². The SMILES string of the molecule is CC(C)(C)OC(=O)NC1(c2ccc(-c3nc4c5c(-c6ccc(C#N)cc6)cccc5nn4cc3-c3ccccc3)cc2)CCC1. The molecule has 0 saturated heterocycles. The minimum Gasteiger partial charge on any atom is -0.444 e. The van der Waals surface area contributed by atoms with Crippen LogP contribution in [0.2, 0.25) is 0 Å². The van der Waals surface area contributed by atoms with E-state index in [0.29, 0.717) is 5.56 Å². The van der Waals surface area contributed by atoms with Gasteiger partial charge < -0.3 is 10.1 Å². The average molecular weight is 592 g/mol. The van der Waals surface area contributed by atoms with Crippen LogP contribution >= 0.6 is 0 Å². The fourth-order valence-electron chi connectivity index (χ4n) is 6.16. The smallest absolute Gasteiger partial charge is 0.408 e. The van der Waals surface area contributed by atoms with Crippen LogP contribution in [0.5, 0.6) is 0 Å². The number of ether oxygens (including phenoxy) is 1. The van der Waals surface area contributed by atoms with Gasteiger partial charge in [0.05, 0.1) is 33.8 Å². The van der Waals surface area contributed by atoms with Crippen LogP contribution in [-0.4, -0.2) is 26.3 Å². The number of alkyl carbamates (subject to hydrolysis) is 1. The van der Waals surface area contributed by atoms with E-state index in [1.54, 1.807) is 0 Å². The molecule has 1 aliphatic rings. The minimum absolute atomic E-state index is 0.393. The maximum absolute atomic E-state index is 12.7. The minimum atomic E-state index is -0.561. The molecule has 0 radical (unpaired) electrons. The van der Waals surface area contributed by atoms with Gasteiger partial charge in [0.25, 0.3) is 0 Å². The molecule has 222 valence electrons. The van der Waals surface area contributed by atoms with Gasteiger partial charge in [-0.3, -0.25) is 0 Å². The third-order valence-corrected chi connectivity index (χ3v) is 8.49. The molecule has 4 aromatic carbocycles. The molecular weight excluding hydrogens is 558 g/mol. The van der Waals surface area contributed by atoms with Crippen molar-refractivity contribution in [2.24, 2.45) is 0 Å². The molecule has 0 unspecified atom stereocenters. The Morgan fingerprint density at radius 2 is 1.56 bits per heavy atom. The zero-order valence-corrected chi connectivity index (χ0v) is 25.5. The lowest BCUT2D eigenvalue weighted by atomic mass is 9.71. The molecule has 7 heteroatoms. The molecule has 0 spiro atoms. The topological polar surface area (TPSA) is 92.3 Å². The van der Waals surface area contributed by atoms with Crippen molar-refractivity contribution < 1.29 is 9.53 Å². The van der Waals surface area contributed by atoms with Crippen molar-refractivity contribution in [3.05, 3.63) is 114 Å². The molecule has 2 heterocycles. The zero-order chi connectivity index (χ0) is 31.2. The number of aromatic nitrogens is 3. The number of amides is 1. The first-order chi connectivity index (χ1) is 21.7. The molecule has 1 N–H and O–H groups in total. The molecule has 45 heavy (non-hydrogen) atoms. The van der Waals surface area contributed by atoms with Crippen molar-refractivity contribution in [3.63, 3.8) is 0 Å². The number of nitrogens with one attached hydrogen (secondary N) is 1. The van der Waals surface area contributed by atoms with Gasteiger partial charge >= 0.3 is 6.09 Å². The van der Waals surface area contributed by atoms with E-state index < -0.39 is 17.2 Å². The van der Waals surface area contributed by atoms with Crippen LogP contribution in [0.25, 0.3) is 50.1 Å². The fraction of sp³-hybridized carbons (Fsp3) is 0.211. The van der Waals surface area contributed by atoms with Crippen LogP contribution in [-0.2, 0) is 10.3 Å². The van der Waals surface area contributed by atoms with Crippen LogP contribution in [0, 0.1) is 11.3 Å². The number of nitriles is 1. The summed E-state index contributed by atoms with van der Waals surface area (Å²) >= 11 is 0. The van der Waals surface area contributed by atoms with Gasteiger partial charge in [-0.15, -0.1) is 0 Å². The van der Waals surface area contributed by atoms with Crippen molar-refractivity contribution in [1.82, 2.24) is 19.9 Å². The van der Waals surface area contributed by atoms with Gasteiger partial charge in [0, 0.05) is 17.3 Å². The summed E-state index contributed by atoms with van der Waals surface area (Å²) in [6.45, 7) is 5.63. The summed E-state index contributed by atoms with van der Waals surface area (Å²) in [7, 11) is 0. The standard InChI is InChI=1S/C38H33N5O2/c1-37(2,3)45-36(44)41-38(21-8-22-38)29-19-17-28(18-20-29)34-31(26-9-5-4-6-10-26)24-43-35(40-34)33-30(11-7-12-32(33)42-43)27-15-13-25(23-39)14-16-27/h4-7,9-20,24H,8,21-22H2,1-3H3,(H,41,44). The molecule has 1 amide bonds. The third-order valence-electron chi connectivity index (χ3n) is 8.49. The number of hydrogen-bond acceptors (Lipinski definition) is 5. The molecule has 1 aliphatic carbocycles. The van der Waals surface area contributed by atoms with E-state index in [4.69, 9.17) is 14.8 Å². The Bertz CT molecular complexity index is 2080. The van der Waals surface area contributed by atoms with Crippen LogP contribution in [0.15, 0.2) is 103 Å². The van der Waals surface area contributed by atoms with E-state index in [1.165, 1.54) is 0 Å². The summed E-state index contributed by atoms with van der Waals surface area (Å²) in [4.78, 5) is 18.0. The van der Waals surface area contributed by atoms with Gasteiger partial charge in [-0.25, -0.2) is 14.3 Å². The molecule has 0 bridgehead atoms. The normalized spacial score (nSPS) is 14.1. The first kappa shape index (κ1) is 28.3. The third kappa shape index (κ3) is 5.29. The average Bonchev–Trinajstić information content (AvgIpc) is 3.40. The zero-order valence-electron chi connectivity index (χ0n) is 25.5. The van der Waals surface area contributed by atoms with Crippen molar-refractivity contribution in [1.29, 1.82) is 5.26 Å². The Labute approximate surface area is 262 Å². The summed E-state index contributed by atoms with van der Waals surface area (Å²) in [6, 6.07) is 34.5. The molecule has 1 saturated carbocycles. The lowest BCUT2D eigenvalue weighted by Gasteiger charge is -2.43. The van der Waals surface area contributed by atoms with E-state index in [2.05, 4.69) is 60.0 Å². The number of nitrogens with zero attached hydrogens (tertiary/aromatic N) is 4. The predicted molar refractivity (Wildman–Crippen MR) is 176 cm³/mol. The van der Waals surface area contributed by atoms with E-state index >= 15 is 0 Å². The van der Waals surface area contributed by atoms with Crippen LogP contribution in [0.3, 0.4) is 0 Å². The second-order valence-corrected chi connectivity index (χ2v) is 12.7. The van der Waals surface area contributed by atoms with Crippen molar-refractivity contribution in [2.75, 3.05) is 0 Å². The van der Waals surface area contributed by atoms with Gasteiger partial charge in [-0.1, -0.05) is 78.9 Å². The summed E-state index contributed by atoms with van der Waals surface area (Å²) in [5.74, 6) is 0. The van der Waals surface area contributed by atoms with E-state index in [1.807, 2.05) is 79.9 Å². The Hall–Kier alpha value is -5.48. The van der Waals surface area contributed by atoms with Crippen LogP contribution in [0.1, 0.15) is 51.2 Å². The number of carbonyl (C=O) groups excluding carboxylic acids is 1. The lowest BCUT2D eigenvalue weighted by molar-refractivity contribution is 0.0377. The molecule has 6 aromatic rings. The highest BCUT2D eigenvalue weighted by atomic mass is 16.6.